The lowest BCUT2D eigenvalue weighted by atomic mass is 9.99. The summed E-state index contributed by atoms with van der Waals surface area (Å²) in [4.78, 5) is 23.5. The summed E-state index contributed by atoms with van der Waals surface area (Å²) in [5.74, 6) is -1.37. The molecular formula is C21H20ClN3O3. The molecule has 3 N–H and O–H groups in total. The Morgan fingerprint density at radius 3 is 2.50 bits per heavy atom. The van der Waals surface area contributed by atoms with Gasteiger partial charge >= 0.3 is 5.97 Å². The van der Waals surface area contributed by atoms with Gasteiger partial charge in [-0.3, -0.25) is 14.7 Å². The van der Waals surface area contributed by atoms with Gasteiger partial charge in [0.1, 0.15) is 5.69 Å². The molecule has 0 aliphatic carbocycles. The second-order valence-corrected chi connectivity index (χ2v) is 7.05. The summed E-state index contributed by atoms with van der Waals surface area (Å²) in [5.41, 5.74) is 3.94. The fourth-order valence-electron chi connectivity index (χ4n) is 2.96. The highest BCUT2D eigenvalue weighted by Gasteiger charge is 2.19. The average molecular weight is 398 g/mol. The van der Waals surface area contributed by atoms with Crippen LogP contribution in [0.2, 0.25) is 5.02 Å². The number of carbonyl (C=O) groups excluding carboxylic acids is 1. The Morgan fingerprint density at radius 2 is 1.89 bits per heavy atom. The fraction of sp³-hybridized carbons (Fsp3) is 0.190. The molecule has 144 valence electrons. The third-order valence-electron chi connectivity index (χ3n) is 4.29. The van der Waals surface area contributed by atoms with Gasteiger partial charge in [0.25, 0.3) is 5.91 Å². The van der Waals surface area contributed by atoms with Gasteiger partial charge in [-0.25, -0.2) is 0 Å². The maximum Gasteiger partial charge on any atom is 0.305 e. The Hall–Kier alpha value is -3.12. The van der Waals surface area contributed by atoms with Gasteiger partial charge in [0.2, 0.25) is 0 Å². The molecule has 0 fully saturated rings. The molecule has 1 heterocycles. The van der Waals surface area contributed by atoms with Crippen LogP contribution >= 0.6 is 11.6 Å². The first-order valence-corrected chi connectivity index (χ1v) is 9.18. The predicted molar refractivity (Wildman–Crippen MR) is 107 cm³/mol. The number of nitrogens with one attached hydrogen (secondary N) is 2. The molecule has 0 radical (unpaired) electrons. The van der Waals surface area contributed by atoms with E-state index in [0.29, 0.717) is 11.4 Å². The number of nitrogens with zero attached hydrogens (tertiary/aromatic N) is 1. The number of aromatic nitrogens is 2. The number of aryl methyl sites for hydroxylation is 1. The number of aliphatic carboxylic acids is 1. The van der Waals surface area contributed by atoms with Crippen molar-refractivity contribution in [3.05, 3.63) is 76.6 Å². The quantitative estimate of drug-likeness (QED) is 0.564. The van der Waals surface area contributed by atoms with Crippen LogP contribution in [-0.2, 0) is 11.2 Å². The highest BCUT2D eigenvalue weighted by molar-refractivity contribution is 6.30. The van der Waals surface area contributed by atoms with Crippen molar-refractivity contribution in [3.63, 3.8) is 0 Å². The second-order valence-electron chi connectivity index (χ2n) is 6.62. The number of carboxylic acids is 1. The molecule has 0 saturated heterocycles. The van der Waals surface area contributed by atoms with Gasteiger partial charge in [-0.2, -0.15) is 5.10 Å². The van der Waals surface area contributed by atoms with Crippen molar-refractivity contribution in [3.8, 4) is 11.1 Å². The molecule has 0 aliphatic rings. The Kier molecular flexibility index (Phi) is 6.11. The lowest BCUT2D eigenvalue weighted by Gasteiger charge is -2.16. The number of carbonyl (C=O) groups is 2. The lowest BCUT2D eigenvalue weighted by molar-refractivity contribution is -0.137. The maximum absolute atomic E-state index is 12.3. The summed E-state index contributed by atoms with van der Waals surface area (Å²) in [6.07, 6.45) is 0.225. The molecule has 0 bridgehead atoms. The molecule has 28 heavy (non-hydrogen) atoms. The van der Waals surface area contributed by atoms with Crippen LogP contribution in [0.3, 0.4) is 0 Å². The molecule has 0 unspecified atom stereocenters. The minimum absolute atomic E-state index is 0.175. The van der Waals surface area contributed by atoms with Crippen LogP contribution in [0.4, 0.5) is 0 Å². The third-order valence-corrected chi connectivity index (χ3v) is 4.52. The number of hydrogen-bond acceptors (Lipinski definition) is 3. The number of H-pyrrole nitrogens is 1. The van der Waals surface area contributed by atoms with E-state index in [4.69, 9.17) is 11.6 Å². The van der Waals surface area contributed by atoms with E-state index in [1.807, 2.05) is 48.5 Å². The van der Waals surface area contributed by atoms with Crippen LogP contribution in [0.5, 0.6) is 0 Å². The van der Waals surface area contributed by atoms with Gasteiger partial charge in [-0.05, 0) is 48.2 Å². The van der Waals surface area contributed by atoms with Gasteiger partial charge in [0, 0.05) is 16.8 Å². The molecule has 3 aromatic rings. The SMILES string of the molecule is Cc1cc(C(=O)N[C@@H](CC(=O)O)Cc2ccc(-c3cccc(Cl)c3)cc2)n[nH]1. The van der Waals surface area contributed by atoms with Gasteiger partial charge in [0.15, 0.2) is 0 Å². The summed E-state index contributed by atoms with van der Waals surface area (Å²) in [7, 11) is 0. The van der Waals surface area contributed by atoms with Crippen LogP contribution in [0.25, 0.3) is 11.1 Å². The Morgan fingerprint density at radius 1 is 1.14 bits per heavy atom. The fourth-order valence-corrected chi connectivity index (χ4v) is 3.15. The zero-order valence-electron chi connectivity index (χ0n) is 15.3. The Balaban J connectivity index is 1.71. The molecule has 1 atom stereocenters. The van der Waals surface area contributed by atoms with E-state index in [1.54, 1.807) is 13.0 Å². The summed E-state index contributed by atoms with van der Waals surface area (Å²) >= 11 is 6.04. The lowest BCUT2D eigenvalue weighted by Crippen LogP contribution is -2.38. The van der Waals surface area contributed by atoms with E-state index in [9.17, 15) is 14.7 Å². The number of amides is 1. The van der Waals surface area contributed by atoms with Crippen molar-refractivity contribution in [2.75, 3.05) is 0 Å². The topological polar surface area (TPSA) is 95.1 Å². The van der Waals surface area contributed by atoms with Crippen LogP contribution in [0.1, 0.15) is 28.2 Å². The van der Waals surface area contributed by atoms with Crippen molar-refractivity contribution in [1.82, 2.24) is 15.5 Å². The normalized spacial score (nSPS) is 11.8. The minimum atomic E-state index is -0.973. The summed E-state index contributed by atoms with van der Waals surface area (Å²) < 4.78 is 0. The smallest absolute Gasteiger partial charge is 0.305 e. The van der Waals surface area contributed by atoms with E-state index in [2.05, 4.69) is 15.5 Å². The molecule has 1 aromatic heterocycles. The summed E-state index contributed by atoms with van der Waals surface area (Å²) in [6.45, 7) is 1.79. The number of hydrogen-bond donors (Lipinski definition) is 3. The van der Waals surface area contributed by atoms with Crippen LogP contribution in [-0.4, -0.2) is 33.2 Å². The monoisotopic (exact) mass is 397 g/mol. The molecule has 6 nitrogen and oxygen atoms in total. The van der Waals surface area contributed by atoms with E-state index >= 15 is 0 Å². The minimum Gasteiger partial charge on any atom is -0.481 e. The van der Waals surface area contributed by atoms with Crippen molar-refractivity contribution < 1.29 is 14.7 Å². The van der Waals surface area contributed by atoms with Crippen molar-refractivity contribution in [1.29, 1.82) is 0 Å². The number of halogens is 1. The van der Waals surface area contributed by atoms with E-state index in [-0.39, 0.29) is 12.1 Å². The Labute approximate surface area is 167 Å². The predicted octanol–water partition coefficient (Wildman–Crippen LogP) is 3.85. The maximum atomic E-state index is 12.3. The number of benzene rings is 2. The highest BCUT2D eigenvalue weighted by Crippen LogP contribution is 2.23. The molecule has 0 aliphatic heterocycles. The molecule has 2 aromatic carbocycles. The molecule has 7 heteroatoms. The van der Waals surface area contributed by atoms with Gasteiger partial charge in [-0.1, -0.05) is 48.0 Å². The van der Waals surface area contributed by atoms with Gasteiger partial charge in [0.05, 0.1) is 6.42 Å². The number of rotatable bonds is 7. The second kappa shape index (κ2) is 8.71. The van der Waals surface area contributed by atoms with Crippen LogP contribution in [0.15, 0.2) is 54.6 Å². The van der Waals surface area contributed by atoms with Crippen molar-refractivity contribution in [2.24, 2.45) is 0 Å². The van der Waals surface area contributed by atoms with E-state index in [0.717, 1.165) is 22.4 Å². The van der Waals surface area contributed by atoms with E-state index < -0.39 is 17.9 Å². The summed E-state index contributed by atoms with van der Waals surface area (Å²) in [5, 5.41) is 19.2. The molecular weight excluding hydrogens is 378 g/mol. The van der Waals surface area contributed by atoms with Crippen molar-refractivity contribution in [2.45, 2.75) is 25.8 Å². The van der Waals surface area contributed by atoms with Gasteiger partial charge in [-0.15, -0.1) is 0 Å². The van der Waals surface area contributed by atoms with Crippen molar-refractivity contribution >= 4 is 23.5 Å². The largest absolute Gasteiger partial charge is 0.481 e. The van der Waals surface area contributed by atoms with Crippen LogP contribution < -0.4 is 5.32 Å². The first kappa shape index (κ1) is 19.6. The molecule has 1 amide bonds. The van der Waals surface area contributed by atoms with Gasteiger partial charge < -0.3 is 10.4 Å². The first-order valence-electron chi connectivity index (χ1n) is 8.80. The molecule has 0 spiro atoms. The number of aromatic amines is 1. The Bertz CT molecular complexity index is 983. The van der Waals surface area contributed by atoms with Crippen LogP contribution in [0, 0.1) is 6.92 Å². The standard InChI is InChI=1S/C21H20ClN3O3/c1-13-9-19(25-24-13)21(28)23-18(12-20(26)27)10-14-5-7-15(8-6-14)16-3-2-4-17(22)11-16/h2-9,11,18H,10,12H2,1H3,(H,23,28)(H,24,25)(H,26,27)/t18-/m1/s1. The average Bonchev–Trinajstić information content (AvgIpc) is 3.08. The first-order chi connectivity index (χ1) is 13.4. The third kappa shape index (κ3) is 5.20. The number of carboxylic acid groups (broad SMARTS) is 1. The van der Waals surface area contributed by atoms with E-state index in [1.165, 1.54) is 0 Å². The summed E-state index contributed by atoms with van der Waals surface area (Å²) in [6, 6.07) is 16.4. The zero-order chi connectivity index (χ0) is 20.1. The highest BCUT2D eigenvalue weighted by atomic mass is 35.5. The zero-order valence-corrected chi connectivity index (χ0v) is 16.0. The molecule has 3 rings (SSSR count). The molecule has 0 saturated carbocycles.